The number of benzene rings is 1. The molecule has 0 bridgehead atoms. The van der Waals surface area contributed by atoms with E-state index in [9.17, 15) is 4.79 Å². The van der Waals surface area contributed by atoms with Crippen LogP contribution < -0.4 is 4.90 Å². The minimum Gasteiger partial charge on any atom is -0.462 e. The molecule has 0 unspecified atom stereocenters. The van der Waals surface area contributed by atoms with Crippen molar-refractivity contribution in [3.05, 3.63) is 45.9 Å². The van der Waals surface area contributed by atoms with Crippen molar-refractivity contribution in [3.63, 3.8) is 0 Å². The van der Waals surface area contributed by atoms with Crippen LogP contribution in [0, 0.1) is 24.2 Å². The lowest BCUT2D eigenvalue weighted by Crippen LogP contribution is -2.39. The van der Waals surface area contributed by atoms with Crippen LogP contribution in [0.4, 0.5) is 5.69 Å². The summed E-state index contributed by atoms with van der Waals surface area (Å²) in [5.74, 6) is 0.432. The maximum atomic E-state index is 9.60. The Morgan fingerprint density at radius 1 is 1.23 bits per heavy atom. The Hall–Kier alpha value is -2.51. The lowest BCUT2D eigenvalue weighted by Gasteiger charge is -2.32. The van der Waals surface area contributed by atoms with E-state index in [1.807, 2.05) is 58.2 Å². The zero-order valence-electron chi connectivity index (χ0n) is 21.7. The standard InChI is InChI=1S/C21H28N4O2S.C5H10O2/c1-16-23-11-20(28-16)13-25(19-6-4-17(10-22)5-7-19)9-8-21-26-14-18(15-27-21)12-24(2)3;1-5(2,3)7-4-6/h4-7,11,18,21H,8-9,12-15H2,1-3H3;4H,1-3H3. The summed E-state index contributed by atoms with van der Waals surface area (Å²) in [6, 6.07) is 9.90. The summed E-state index contributed by atoms with van der Waals surface area (Å²) in [6.07, 6.45) is 2.57. The van der Waals surface area contributed by atoms with Crippen molar-refractivity contribution in [2.75, 3.05) is 45.3 Å². The smallest absolute Gasteiger partial charge is 0.293 e. The molecule has 0 amide bonds. The molecule has 2 heterocycles. The van der Waals surface area contributed by atoms with Crippen molar-refractivity contribution in [3.8, 4) is 6.07 Å². The van der Waals surface area contributed by atoms with Gasteiger partial charge in [-0.05, 0) is 66.1 Å². The first-order chi connectivity index (χ1) is 16.6. The van der Waals surface area contributed by atoms with Gasteiger partial charge in [0.25, 0.3) is 6.47 Å². The zero-order chi connectivity index (χ0) is 25.8. The minimum atomic E-state index is -0.318. The fourth-order valence-corrected chi connectivity index (χ4v) is 4.30. The summed E-state index contributed by atoms with van der Waals surface area (Å²) < 4.78 is 16.4. The molecule has 0 aliphatic carbocycles. The van der Waals surface area contributed by atoms with Crippen LogP contribution in [0.25, 0.3) is 0 Å². The highest BCUT2D eigenvalue weighted by Crippen LogP contribution is 2.23. The van der Waals surface area contributed by atoms with E-state index < -0.39 is 0 Å². The van der Waals surface area contributed by atoms with Crippen LogP contribution in [0.5, 0.6) is 0 Å². The number of aryl methyl sites for hydroxylation is 1. The highest BCUT2D eigenvalue weighted by atomic mass is 32.1. The first-order valence-corrected chi connectivity index (χ1v) is 12.6. The van der Waals surface area contributed by atoms with Gasteiger partial charge in [-0.25, -0.2) is 4.98 Å². The van der Waals surface area contributed by atoms with Crippen molar-refractivity contribution in [2.24, 2.45) is 5.92 Å². The van der Waals surface area contributed by atoms with Crippen LogP contribution in [-0.4, -0.2) is 68.6 Å². The third-order valence-electron chi connectivity index (χ3n) is 5.07. The molecule has 1 aromatic heterocycles. The van der Waals surface area contributed by atoms with Gasteiger partial charge in [0.2, 0.25) is 0 Å². The van der Waals surface area contributed by atoms with E-state index in [1.165, 1.54) is 4.88 Å². The number of carbonyl (C=O) groups excluding carboxylic acids is 1. The second-order valence-corrected chi connectivity index (χ2v) is 11.1. The molecule has 0 radical (unpaired) electrons. The predicted octanol–water partition coefficient (Wildman–Crippen LogP) is 4.23. The molecule has 1 fully saturated rings. The number of carbonyl (C=O) groups is 1. The van der Waals surface area contributed by atoms with Gasteiger partial charge in [0.1, 0.15) is 5.60 Å². The summed E-state index contributed by atoms with van der Waals surface area (Å²) in [5, 5.41) is 10.1. The maximum absolute atomic E-state index is 9.60. The van der Waals surface area contributed by atoms with Gasteiger partial charge in [0.05, 0.1) is 36.4 Å². The number of hydrogen-bond donors (Lipinski definition) is 0. The Bertz CT molecular complexity index is 926. The van der Waals surface area contributed by atoms with Crippen molar-refractivity contribution in [1.29, 1.82) is 5.26 Å². The van der Waals surface area contributed by atoms with E-state index in [0.29, 0.717) is 18.0 Å². The average Bonchev–Trinajstić information content (AvgIpc) is 3.21. The molecular weight excluding hydrogens is 464 g/mol. The van der Waals surface area contributed by atoms with Gasteiger partial charge in [-0.2, -0.15) is 5.26 Å². The summed E-state index contributed by atoms with van der Waals surface area (Å²) in [4.78, 5) is 19.7. The molecule has 1 aliphatic heterocycles. The van der Waals surface area contributed by atoms with Gasteiger partial charge in [0.15, 0.2) is 6.29 Å². The molecular formula is C26H38N4O4S. The fraction of sp³-hybridized carbons (Fsp3) is 0.577. The van der Waals surface area contributed by atoms with Crippen molar-refractivity contribution in [2.45, 2.75) is 52.6 Å². The van der Waals surface area contributed by atoms with Gasteiger partial charge in [-0.3, -0.25) is 4.79 Å². The fourth-order valence-electron chi connectivity index (χ4n) is 3.49. The molecule has 8 nitrogen and oxygen atoms in total. The number of hydrogen-bond acceptors (Lipinski definition) is 9. The number of anilines is 1. The molecule has 1 aliphatic rings. The Labute approximate surface area is 213 Å². The molecule has 0 spiro atoms. The monoisotopic (exact) mass is 502 g/mol. The van der Waals surface area contributed by atoms with Gasteiger partial charge in [0, 0.05) is 42.2 Å². The van der Waals surface area contributed by atoms with Gasteiger partial charge in [-0.1, -0.05) is 0 Å². The van der Waals surface area contributed by atoms with Crippen LogP contribution in [0.3, 0.4) is 0 Å². The van der Waals surface area contributed by atoms with Crippen LogP contribution in [0.2, 0.25) is 0 Å². The Morgan fingerprint density at radius 2 is 1.89 bits per heavy atom. The highest BCUT2D eigenvalue weighted by Gasteiger charge is 2.23. The van der Waals surface area contributed by atoms with Crippen LogP contribution in [-0.2, 0) is 25.5 Å². The second kappa shape index (κ2) is 14.1. The topological polar surface area (TPSA) is 87.9 Å². The van der Waals surface area contributed by atoms with E-state index >= 15 is 0 Å². The molecule has 0 atom stereocenters. The molecule has 0 N–H and O–H groups in total. The number of thiazole rings is 1. The molecule has 1 saturated heterocycles. The predicted molar refractivity (Wildman–Crippen MR) is 138 cm³/mol. The minimum absolute atomic E-state index is 0.164. The molecule has 1 aromatic carbocycles. The normalized spacial score (nSPS) is 17.8. The molecule has 192 valence electrons. The number of rotatable bonds is 9. The van der Waals surface area contributed by atoms with Crippen molar-refractivity contribution in [1.82, 2.24) is 9.88 Å². The van der Waals surface area contributed by atoms with Gasteiger partial charge < -0.3 is 24.0 Å². The average molecular weight is 503 g/mol. The highest BCUT2D eigenvalue weighted by molar-refractivity contribution is 7.11. The summed E-state index contributed by atoms with van der Waals surface area (Å²) in [7, 11) is 4.14. The van der Waals surface area contributed by atoms with E-state index in [-0.39, 0.29) is 11.9 Å². The molecule has 2 aromatic rings. The number of nitriles is 1. The Kier molecular flexibility index (Phi) is 11.6. The van der Waals surface area contributed by atoms with Crippen LogP contribution in [0.1, 0.15) is 42.6 Å². The van der Waals surface area contributed by atoms with Crippen LogP contribution in [0.15, 0.2) is 30.5 Å². The van der Waals surface area contributed by atoms with E-state index in [1.54, 1.807) is 11.3 Å². The van der Waals surface area contributed by atoms with Crippen molar-refractivity contribution >= 4 is 23.5 Å². The maximum Gasteiger partial charge on any atom is 0.293 e. The zero-order valence-corrected chi connectivity index (χ0v) is 22.5. The third-order valence-corrected chi connectivity index (χ3v) is 5.97. The quantitative estimate of drug-likeness (QED) is 0.471. The van der Waals surface area contributed by atoms with Gasteiger partial charge >= 0.3 is 0 Å². The number of aromatic nitrogens is 1. The third kappa shape index (κ3) is 11.2. The van der Waals surface area contributed by atoms with Crippen LogP contribution >= 0.6 is 11.3 Å². The van der Waals surface area contributed by atoms with E-state index in [0.717, 1.165) is 50.0 Å². The SMILES string of the molecule is CC(C)(C)OC=O.Cc1ncc(CN(CCC2OCC(CN(C)C)CO2)c2ccc(C#N)cc2)s1. The second-order valence-electron chi connectivity index (χ2n) is 9.77. The van der Waals surface area contributed by atoms with E-state index in [2.05, 4.69) is 39.7 Å². The van der Waals surface area contributed by atoms with Gasteiger partial charge in [-0.15, -0.1) is 11.3 Å². The summed E-state index contributed by atoms with van der Waals surface area (Å²) in [5.41, 5.74) is 1.44. The summed E-state index contributed by atoms with van der Waals surface area (Å²) in [6.45, 7) is 12.0. The molecule has 35 heavy (non-hydrogen) atoms. The Morgan fingerprint density at radius 3 is 2.34 bits per heavy atom. The number of nitrogens with zero attached hydrogens (tertiary/aromatic N) is 4. The molecule has 3 rings (SSSR count). The Balaban J connectivity index is 0.000000540. The largest absolute Gasteiger partial charge is 0.462 e. The molecule has 9 heteroatoms. The molecule has 0 saturated carbocycles. The first-order valence-electron chi connectivity index (χ1n) is 11.8. The lowest BCUT2D eigenvalue weighted by molar-refractivity contribution is -0.203. The lowest BCUT2D eigenvalue weighted by atomic mass is 10.1. The first kappa shape index (κ1) is 28.7. The van der Waals surface area contributed by atoms with Crippen molar-refractivity contribution < 1.29 is 19.0 Å². The number of ether oxygens (including phenoxy) is 3. The van der Waals surface area contributed by atoms with E-state index in [4.69, 9.17) is 14.7 Å². The summed E-state index contributed by atoms with van der Waals surface area (Å²) >= 11 is 1.71.